The van der Waals surface area contributed by atoms with E-state index in [1.54, 1.807) is 17.8 Å². The van der Waals surface area contributed by atoms with Gasteiger partial charge in [0.1, 0.15) is 18.2 Å². The second kappa shape index (κ2) is 10.2. The molecule has 2 aromatic heterocycles. The number of pyridine rings is 1. The fourth-order valence-electron chi connectivity index (χ4n) is 3.96. The van der Waals surface area contributed by atoms with E-state index in [2.05, 4.69) is 9.97 Å². The van der Waals surface area contributed by atoms with Crippen LogP contribution in [0.1, 0.15) is 22.5 Å². The predicted octanol–water partition coefficient (Wildman–Crippen LogP) is 7.20. The van der Waals surface area contributed by atoms with Crippen LogP contribution >= 0.6 is 0 Å². The Kier molecular flexibility index (Phi) is 6.64. The quantitative estimate of drug-likeness (QED) is 0.237. The lowest BCUT2D eigenvalue weighted by Crippen LogP contribution is -2.07. The minimum atomic E-state index is -4.46. The van der Waals surface area contributed by atoms with Crippen LogP contribution in [0.3, 0.4) is 0 Å². The van der Waals surface area contributed by atoms with Crippen molar-refractivity contribution in [1.29, 1.82) is 0 Å². The van der Waals surface area contributed by atoms with Crippen molar-refractivity contribution < 1.29 is 22.6 Å². The number of halogens is 3. The summed E-state index contributed by atoms with van der Waals surface area (Å²) in [5.74, 6) is 1.98. The molecule has 37 heavy (non-hydrogen) atoms. The Labute approximate surface area is 211 Å². The minimum absolute atomic E-state index is 0.326. The normalized spacial score (nSPS) is 11.8. The van der Waals surface area contributed by atoms with Crippen LogP contribution < -0.4 is 9.47 Å². The summed E-state index contributed by atoms with van der Waals surface area (Å²) in [5, 5.41) is 0. The van der Waals surface area contributed by atoms with Crippen LogP contribution in [0.2, 0.25) is 0 Å². The lowest BCUT2D eigenvalue weighted by atomic mass is 10.1. The summed E-state index contributed by atoms with van der Waals surface area (Å²) in [4.78, 5) is 8.77. The zero-order chi connectivity index (χ0) is 25.8. The Balaban J connectivity index is 1.53. The number of benzene rings is 3. The first-order chi connectivity index (χ1) is 17.9. The van der Waals surface area contributed by atoms with Crippen molar-refractivity contribution in [2.45, 2.75) is 12.8 Å². The van der Waals surface area contributed by atoms with E-state index < -0.39 is 11.7 Å². The molecule has 0 amide bonds. The molecule has 0 saturated carbocycles. The van der Waals surface area contributed by atoms with Crippen LogP contribution in [0.15, 0.2) is 91.1 Å². The highest BCUT2D eigenvalue weighted by atomic mass is 19.4. The van der Waals surface area contributed by atoms with Crippen LogP contribution in [-0.4, -0.2) is 21.6 Å². The lowest BCUT2D eigenvalue weighted by Gasteiger charge is -2.13. The van der Waals surface area contributed by atoms with E-state index in [0.29, 0.717) is 35.3 Å². The minimum Gasteiger partial charge on any atom is -0.493 e. The van der Waals surface area contributed by atoms with Crippen molar-refractivity contribution in [3.63, 3.8) is 0 Å². The maximum Gasteiger partial charge on any atom is 0.417 e. The topological polar surface area (TPSA) is 49.2 Å². The molecule has 5 aromatic rings. The summed E-state index contributed by atoms with van der Waals surface area (Å²) < 4.78 is 52.6. The van der Waals surface area contributed by atoms with Gasteiger partial charge >= 0.3 is 6.18 Å². The summed E-state index contributed by atoms with van der Waals surface area (Å²) in [6, 6.07) is 25.1. The molecule has 0 radical (unpaired) electrons. The van der Waals surface area contributed by atoms with Crippen molar-refractivity contribution in [3.05, 3.63) is 114 Å². The third-order valence-electron chi connectivity index (χ3n) is 5.76. The molecule has 186 valence electrons. The Hall–Kier alpha value is -4.59. The highest BCUT2D eigenvalue weighted by Gasteiger charge is 2.30. The van der Waals surface area contributed by atoms with Gasteiger partial charge in [0.25, 0.3) is 0 Å². The highest BCUT2D eigenvalue weighted by Crippen LogP contribution is 2.34. The zero-order valence-electron chi connectivity index (χ0n) is 19.8. The molecular weight excluding hydrogens is 479 g/mol. The maximum absolute atomic E-state index is 13.1. The standard InChI is InChI=1S/C29H22F3N3O2/c1-36-25-13-7-10-21(28(25)37-19-20-8-3-2-4-9-20)14-16-27-34-23-11-5-6-12-24(23)35(27)26-17-15-22(18-33-26)29(30,31)32/h2-18H,19H2,1H3/b16-14+. The zero-order valence-corrected chi connectivity index (χ0v) is 19.8. The first-order valence-corrected chi connectivity index (χ1v) is 11.5. The van der Waals surface area contributed by atoms with E-state index in [1.165, 1.54) is 6.07 Å². The molecule has 0 aliphatic carbocycles. The highest BCUT2D eigenvalue weighted by molar-refractivity contribution is 5.82. The first-order valence-electron chi connectivity index (χ1n) is 11.5. The summed E-state index contributed by atoms with van der Waals surface area (Å²) in [6.07, 6.45) is -0.0168. The molecule has 0 fully saturated rings. The molecule has 0 aliphatic heterocycles. The molecule has 0 N–H and O–H groups in total. The van der Waals surface area contributed by atoms with Crippen LogP contribution in [0.5, 0.6) is 11.5 Å². The molecule has 0 atom stereocenters. The van der Waals surface area contributed by atoms with Crippen molar-refractivity contribution >= 4 is 23.2 Å². The fraction of sp³-hybridized carbons (Fsp3) is 0.103. The van der Waals surface area contributed by atoms with Gasteiger partial charge in [-0.2, -0.15) is 13.2 Å². The van der Waals surface area contributed by atoms with Crippen LogP contribution in [0.25, 0.3) is 29.0 Å². The van der Waals surface area contributed by atoms with E-state index >= 15 is 0 Å². The Morgan fingerprint density at radius 2 is 1.65 bits per heavy atom. The lowest BCUT2D eigenvalue weighted by molar-refractivity contribution is -0.137. The van der Waals surface area contributed by atoms with Gasteiger partial charge in [0.2, 0.25) is 0 Å². The molecule has 0 saturated heterocycles. The van der Waals surface area contributed by atoms with E-state index in [-0.39, 0.29) is 0 Å². The molecular formula is C29H22F3N3O2. The van der Waals surface area contributed by atoms with E-state index in [4.69, 9.17) is 9.47 Å². The number of nitrogens with zero attached hydrogens (tertiary/aromatic N) is 3. The van der Waals surface area contributed by atoms with Gasteiger partial charge in [-0.15, -0.1) is 0 Å². The summed E-state index contributed by atoms with van der Waals surface area (Å²) >= 11 is 0. The number of fused-ring (bicyclic) bond motifs is 1. The third kappa shape index (κ3) is 5.18. The van der Waals surface area contributed by atoms with E-state index in [9.17, 15) is 13.2 Å². The van der Waals surface area contributed by atoms with Crippen LogP contribution in [0, 0.1) is 0 Å². The van der Waals surface area contributed by atoms with E-state index in [1.807, 2.05) is 78.9 Å². The Bertz CT molecular complexity index is 1540. The van der Waals surface area contributed by atoms with Gasteiger partial charge in [-0.3, -0.25) is 4.57 Å². The maximum atomic E-state index is 13.1. The van der Waals surface area contributed by atoms with Crippen LogP contribution in [0.4, 0.5) is 13.2 Å². The number of aromatic nitrogens is 3. The number of ether oxygens (including phenoxy) is 2. The third-order valence-corrected chi connectivity index (χ3v) is 5.76. The summed E-state index contributed by atoms with van der Waals surface area (Å²) in [7, 11) is 1.58. The molecule has 5 nitrogen and oxygen atoms in total. The van der Waals surface area contributed by atoms with Gasteiger partial charge in [0.15, 0.2) is 11.5 Å². The average Bonchev–Trinajstić information content (AvgIpc) is 3.29. The number of hydrogen-bond acceptors (Lipinski definition) is 4. The first kappa shape index (κ1) is 24.1. The largest absolute Gasteiger partial charge is 0.493 e. The molecule has 2 heterocycles. The molecule has 0 bridgehead atoms. The van der Waals surface area contributed by atoms with Gasteiger partial charge in [0, 0.05) is 11.8 Å². The van der Waals surface area contributed by atoms with Crippen molar-refractivity contribution in [3.8, 4) is 17.3 Å². The molecule has 5 rings (SSSR count). The Morgan fingerprint density at radius 3 is 2.38 bits per heavy atom. The van der Waals surface area contributed by atoms with Gasteiger partial charge in [-0.25, -0.2) is 9.97 Å². The summed E-state index contributed by atoms with van der Waals surface area (Å²) in [6.45, 7) is 0.357. The number of alkyl halides is 3. The van der Waals surface area contributed by atoms with Gasteiger partial charge in [0.05, 0.1) is 23.7 Å². The monoisotopic (exact) mass is 501 g/mol. The number of hydrogen-bond donors (Lipinski definition) is 0. The second-order valence-electron chi connectivity index (χ2n) is 8.18. The SMILES string of the molecule is COc1cccc(/C=C/c2nc3ccccc3n2-c2ccc(C(F)(F)F)cn2)c1OCc1ccccc1. The summed E-state index contributed by atoms with van der Waals surface area (Å²) in [5.41, 5.74) is 2.37. The van der Waals surface area contributed by atoms with Gasteiger partial charge in [-0.05, 0) is 48.0 Å². The van der Waals surface area contributed by atoms with Gasteiger partial charge in [-0.1, -0.05) is 54.6 Å². The molecule has 8 heteroatoms. The van der Waals surface area contributed by atoms with E-state index in [0.717, 1.165) is 28.9 Å². The number of methoxy groups -OCH3 is 1. The van der Waals surface area contributed by atoms with Gasteiger partial charge < -0.3 is 9.47 Å². The van der Waals surface area contributed by atoms with Crippen molar-refractivity contribution in [2.24, 2.45) is 0 Å². The predicted molar refractivity (Wildman–Crippen MR) is 137 cm³/mol. The number of rotatable bonds is 7. The Morgan fingerprint density at radius 1 is 0.865 bits per heavy atom. The molecule has 0 unspecified atom stereocenters. The number of imidazole rings is 1. The van der Waals surface area contributed by atoms with Crippen molar-refractivity contribution in [1.82, 2.24) is 14.5 Å². The molecule has 0 spiro atoms. The van der Waals surface area contributed by atoms with Crippen molar-refractivity contribution in [2.75, 3.05) is 7.11 Å². The molecule has 3 aromatic carbocycles. The smallest absolute Gasteiger partial charge is 0.417 e. The average molecular weight is 502 g/mol. The van der Waals surface area contributed by atoms with Crippen LogP contribution in [-0.2, 0) is 12.8 Å². The number of para-hydroxylation sites is 3. The fourth-order valence-corrected chi connectivity index (χ4v) is 3.96. The second-order valence-corrected chi connectivity index (χ2v) is 8.18. The molecule has 0 aliphatic rings.